The van der Waals surface area contributed by atoms with Gasteiger partial charge in [-0.2, -0.15) is 10.2 Å². The third kappa shape index (κ3) is 9.90. The summed E-state index contributed by atoms with van der Waals surface area (Å²) in [6.45, 7) is 9.45. The topological polar surface area (TPSA) is 51.0 Å². The molecule has 0 radical (unpaired) electrons. The van der Waals surface area contributed by atoms with Gasteiger partial charge in [0.25, 0.3) is 0 Å². The quantitative estimate of drug-likeness (QED) is 0.246. The van der Waals surface area contributed by atoms with Crippen LogP contribution in [0.15, 0.2) is 10.2 Å². The summed E-state index contributed by atoms with van der Waals surface area (Å²) in [5.41, 5.74) is -0.216. The van der Waals surface area contributed by atoms with E-state index >= 15 is 0 Å². The van der Waals surface area contributed by atoms with Gasteiger partial charge in [0, 0.05) is 6.92 Å². The molecule has 0 rings (SSSR count). The number of rotatable bonds is 5. The molecule has 0 amide bonds. The van der Waals surface area contributed by atoms with E-state index in [1.165, 1.54) is 6.92 Å². The third-order valence-corrected chi connectivity index (χ3v) is 1.91. The van der Waals surface area contributed by atoms with Crippen molar-refractivity contribution < 1.29 is 9.53 Å². The highest BCUT2D eigenvalue weighted by molar-refractivity contribution is 6.23. The Labute approximate surface area is 102 Å². The zero-order valence-electron chi connectivity index (χ0n) is 10.7. The summed E-state index contributed by atoms with van der Waals surface area (Å²) < 4.78 is 4.81. The first-order valence-electron chi connectivity index (χ1n) is 5.39. The van der Waals surface area contributed by atoms with Crippen LogP contribution in [-0.2, 0) is 9.53 Å². The van der Waals surface area contributed by atoms with Crippen molar-refractivity contribution >= 4 is 17.6 Å². The second-order valence-corrected chi connectivity index (χ2v) is 5.77. The highest BCUT2D eigenvalue weighted by Crippen LogP contribution is 2.25. The molecule has 0 bridgehead atoms. The molecule has 0 aromatic rings. The Kier molecular flexibility index (Phi) is 5.94. The van der Waals surface area contributed by atoms with E-state index in [0.29, 0.717) is 19.4 Å². The lowest BCUT2D eigenvalue weighted by atomic mass is 10.1. The fourth-order valence-corrected chi connectivity index (χ4v) is 1.09. The summed E-state index contributed by atoms with van der Waals surface area (Å²) in [6.07, 6.45) is 1.31. The van der Waals surface area contributed by atoms with Crippen LogP contribution in [0.1, 0.15) is 47.5 Å². The van der Waals surface area contributed by atoms with Gasteiger partial charge in [0.05, 0.1) is 12.1 Å². The largest absolute Gasteiger partial charge is 0.466 e. The highest BCUT2D eigenvalue weighted by atomic mass is 35.5. The molecular weight excluding hydrogens is 228 g/mol. The van der Waals surface area contributed by atoms with E-state index in [-0.39, 0.29) is 11.5 Å². The lowest BCUT2D eigenvalue weighted by molar-refractivity contribution is -0.141. The summed E-state index contributed by atoms with van der Waals surface area (Å²) in [6, 6.07) is 0. The Balaban J connectivity index is 3.96. The predicted octanol–water partition coefficient (Wildman–Crippen LogP) is 3.54. The molecule has 0 aromatic heterocycles. The number of esters is 1. The SMILES string of the molecule is CC(=O)OCCCC(C)(Cl)/N=N/C(C)(C)C. The average molecular weight is 249 g/mol. The molecule has 0 saturated heterocycles. The van der Waals surface area contributed by atoms with Crippen LogP contribution in [0.2, 0.25) is 0 Å². The summed E-state index contributed by atoms with van der Waals surface area (Å²) in [7, 11) is 0. The molecule has 0 N–H and O–H groups in total. The minimum atomic E-state index is -0.715. The molecular formula is C11H21ClN2O2. The van der Waals surface area contributed by atoms with Crippen molar-refractivity contribution in [2.45, 2.75) is 58.0 Å². The summed E-state index contributed by atoms with van der Waals surface area (Å²) in [5.74, 6) is -0.271. The van der Waals surface area contributed by atoms with Gasteiger partial charge in [-0.25, -0.2) is 0 Å². The minimum absolute atomic E-state index is 0.216. The average Bonchev–Trinajstić information content (AvgIpc) is 2.08. The van der Waals surface area contributed by atoms with Gasteiger partial charge in [-0.15, -0.1) is 0 Å². The third-order valence-electron chi connectivity index (χ3n) is 1.64. The zero-order chi connectivity index (χ0) is 12.8. The zero-order valence-corrected chi connectivity index (χ0v) is 11.5. The monoisotopic (exact) mass is 248 g/mol. The van der Waals surface area contributed by atoms with Crippen molar-refractivity contribution in [2.24, 2.45) is 10.2 Å². The van der Waals surface area contributed by atoms with Crippen LogP contribution in [0.4, 0.5) is 0 Å². The fraction of sp³-hybridized carbons (Fsp3) is 0.909. The Morgan fingerprint density at radius 1 is 1.25 bits per heavy atom. The van der Waals surface area contributed by atoms with E-state index < -0.39 is 5.00 Å². The molecule has 0 fully saturated rings. The van der Waals surface area contributed by atoms with Gasteiger partial charge in [0.15, 0.2) is 5.00 Å². The molecule has 94 valence electrons. The lowest BCUT2D eigenvalue weighted by Gasteiger charge is -2.18. The number of halogens is 1. The fourth-order valence-electron chi connectivity index (χ4n) is 0.915. The molecule has 0 aliphatic carbocycles. The number of ether oxygens (including phenoxy) is 1. The number of hydrogen-bond acceptors (Lipinski definition) is 4. The van der Waals surface area contributed by atoms with Gasteiger partial charge in [0.1, 0.15) is 0 Å². The van der Waals surface area contributed by atoms with E-state index in [9.17, 15) is 4.79 Å². The second-order valence-electron chi connectivity index (χ2n) is 4.96. The van der Waals surface area contributed by atoms with Gasteiger partial charge in [-0.05, 0) is 40.5 Å². The molecule has 0 aliphatic heterocycles. The summed E-state index contributed by atoms with van der Waals surface area (Å²) in [4.78, 5) is 9.81. The first kappa shape index (κ1) is 15.4. The number of nitrogens with zero attached hydrogens (tertiary/aromatic N) is 2. The maximum Gasteiger partial charge on any atom is 0.302 e. The maximum absolute atomic E-state index is 10.5. The first-order valence-corrected chi connectivity index (χ1v) is 5.76. The van der Waals surface area contributed by atoms with Crippen molar-refractivity contribution in [2.75, 3.05) is 6.61 Å². The smallest absolute Gasteiger partial charge is 0.302 e. The Bertz CT molecular complexity index is 257. The van der Waals surface area contributed by atoms with Crippen LogP contribution >= 0.6 is 11.6 Å². The van der Waals surface area contributed by atoms with Crippen molar-refractivity contribution in [1.82, 2.24) is 0 Å². The Morgan fingerprint density at radius 3 is 2.25 bits per heavy atom. The van der Waals surface area contributed by atoms with E-state index in [0.717, 1.165) is 0 Å². The summed E-state index contributed by atoms with van der Waals surface area (Å²) >= 11 is 6.16. The van der Waals surface area contributed by atoms with Crippen molar-refractivity contribution in [3.05, 3.63) is 0 Å². The molecule has 16 heavy (non-hydrogen) atoms. The van der Waals surface area contributed by atoms with E-state index in [1.807, 2.05) is 20.8 Å². The first-order chi connectivity index (χ1) is 7.12. The minimum Gasteiger partial charge on any atom is -0.466 e. The molecule has 0 aromatic carbocycles. The van der Waals surface area contributed by atoms with Gasteiger partial charge in [-0.1, -0.05) is 11.6 Å². The van der Waals surface area contributed by atoms with Gasteiger partial charge in [0.2, 0.25) is 0 Å². The van der Waals surface area contributed by atoms with Crippen LogP contribution in [-0.4, -0.2) is 23.1 Å². The number of alkyl halides is 1. The molecule has 1 unspecified atom stereocenters. The van der Waals surface area contributed by atoms with Crippen LogP contribution in [0.25, 0.3) is 0 Å². The lowest BCUT2D eigenvalue weighted by Crippen LogP contribution is -2.17. The number of azo groups is 1. The molecule has 1 atom stereocenters. The molecule has 0 spiro atoms. The predicted molar refractivity (Wildman–Crippen MR) is 64.7 cm³/mol. The highest BCUT2D eigenvalue weighted by Gasteiger charge is 2.20. The van der Waals surface area contributed by atoms with E-state index in [4.69, 9.17) is 16.3 Å². The molecule has 0 heterocycles. The number of carbonyl (C=O) groups is 1. The van der Waals surface area contributed by atoms with E-state index in [2.05, 4.69) is 10.2 Å². The molecule has 0 saturated carbocycles. The standard InChI is InChI=1S/C11H21ClN2O2/c1-9(15)16-8-6-7-11(5,12)14-13-10(2,3)4/h6-8H2,1-5H3/b14-13+. The van der Waals surface area contributed by atoms with E-state index in [1.54, 1.807) is 6.92 Å². The van der Waals surface area contributed by atoms with Gasteiger partial charge < -0.3 is 4.74 Å². The molecule has 5 heteroatoms. The van der Waals surface area contributed by atoms with Gasteiger partial charge >= 0.3 is 5.97 Å². The van der Waals surface area contributed by atoms with Crippen LogP contribution in [0.5, 0.6) is 0 Å². The van der Waals surface area contributed by atoms with Crippen LogP contribution in [0.3, 0.4) is 0 Å². The maximum atomic E-state index is 10.5. The van der Waals surface area contributed by atoms with Gasteiger partial charge in [-0.3, -0.25) is 4.79 Å². The van der Waals surface area contributed by atoms with Crippen molar-refractivity contribution in [3.8, 4) is 0 Å². The summed E-state index contributed by atoms with van der Waals surface area (Å²) in [5, 5.41) is 8.22. The number of carbonyl (C=O) groups excluding carboxylic acids is 1. The van der Waals surface area contributed by atoms with Crippen molar-refractivity contribution in [3.63, 3.8) is 0 Å². The second kappa shape index (κ2) is 6.18. The normalized spacial score (nSPS) is 16.1. The Hall–Kier alpha value is -0.640. The molecule has 0 aliphatic rings. The van der Waals surface area contributed by atoms with Crippen LogP contribution in [0, 0.1) is 0 Å². The number of hydrogen-bond donors (Lipinski definition) is 0. The van der Waals surface area contributed by atoms with Crippen molar-refractivity contribution in [1.29, 1.82) is 0 Å². The Morgan fingerprint density at radius 2 is 1.81 bits per heavy atom. The van der Waals surface area contributed by atoms with Crippen LogP contribution < -0.4 is 0 Å². The molecule has 4 nitrogen and oxygen atoms in total.